The van der Waals surface area contributed by atoms with Crippen LogP contribution in [0.3, 0.4) is 0 Å². The Labute approximate surface area is 147 Å². The minimum atomic E-state index is -0.0961. The highest BCUT2D eigenvalue weighted by Crippen LogP contribution is 2.21. The van der Waals surface area contributed by atoms with E-state index in [9.17, 15) is 4.79 Å². The highest BCUT2D eigenvalue weighted by atomic mass is 32.1. The normalized spacial score (nSPS) is 18.9. The van der Waals surface area contributed by atoms with Crippen molar-refractivity contribution < 1.29 is 4.79 Å². The van der Waals surface area contributed by atoms with Crippen LogP contribution in [0.25, 0.3) is 0 Å². The molecule has 1 aliphatic heterocycles. The minimum Gasteiger partial charge on any atom is -0.341 e. The highest BCUT2D eigenvalue weighted by Gasteiger charge is 2.18. The molecule has 1 N–H and O–H groups in total. The number of hydrogen-bond donors (Lipinski definition) is 1. The van der Waals surface area contributed by atoms with Gasteiger partial charge in [0.15, 0.2) is 5.13 Å². The minimum absolute atomic E-state index is 0.0961. The summed E-state index contributed by atoms with van der Waals surface area (Å²) in [7, 11) is 0. The number of amides is 1. The topological polar surface area (TPSA) is 50.2 Å². The second kappa shape index (κ2) is 7.49. The summed E-state index contributed by atoms with van der Waals surface area (Å²) in [5, 5.41) is 5.66. The number of hydrogen-bond acceptors (Lipinski definition) is 4. The zero-order chi connectivity index (χ0) is 17.1. The first kappa shape index (κ1) is 17.2. The molecule has 1 aliphatic rings. The number of anilines is 1. The van der Waals surface area contributed by atoms with Gasteiger partial charge in [0.25, 0.3) is 5.91 Å². The standard InChI is InChI=1S/C18H26N4OS/c1-13(2)22-9-5-7-16(22)17(23)20-18-19-15(12-24-18)11-21-8-4-6-14(3)10-21/h5,7,9,12-14H,4,6,8,10-11H2,1-3H3,(H,19,20,23). The van der Waals surface area contributed by atoms with Crippen LogP contribution in [0.1, 0.15) is 55.8 Å². The Morgan fingerprint density at radius 1 is 1.50 bits per heavy atom. The lowest BCUT2D eigenvalue weighted by atomic mass is 10.0. The fraction of sp³-hybridized carbons (Fsp3) is 0.556. The van der Waals surface area contributed by atoms with Gasteiger partial charge >= 0.3 is 0 Å². The Hall–Kier alpha value is -1.66. The molecule has 5 nitrogen and oxygen atoms in total. The van der Waals surface area contributed by atoms with E-state index in [1.807, 2.05) is 22.9 Å². The molecule has 1 saturated heterocycles. The molecule has 2 aromatic heterocycles. The average Bonchev–Trinajstić information content (AvgIpc) is 3.16. The Morgan fingerprint density at radius 2 is 2.33 bits per heavy atom. The predicted octanol–water partition coefficient (Wildman–Crippen LogP) is 4.01. The molecule has 0 saturated carbocycles. The third-order valence-corrected chi connectivity index (χ3v) is 5.27. The van der Waals surface area contributed by atoms with Gasteiger partial charge in [0.1, 0.15) is 5.69 Å². The lowest BCUT2D eigenvalue weighted by Crippen LogP contribution is -2.33. The summed E-state index contributed by atoms with van der Waals surface area (Å²) < 4.78 is 1.97. The van der Waals surface area contributed by atoms with Gasteiger partial charge in [-0.15, -0.1) is 11.3 Å². The molecule has 2 aromatic rings. The van der Waals surface area contributed by atoms with E-state index < -0.39 is 0 Å². The third kappa shape index (κ3) is 4.05. The van der Waals surface area contributed by atoms with Crippen molar-refractivity contribution in [2.45, 2.75) is 46.2 Å². The van der Waals surface area contributed by atoms with E-state index in [1.165, 1.54) is 24.2 Å². The third-order valence-electron chi connectivity index (χ3n) is 4.47. The van der Waals surface area contributed by atoms with Crippen molar-refractivity contribution in [3.8, 4) is 0 Å². The van der Waals surface area contributed by atoms with Crippen molar-refractivity contribution >= 4 is 22.4 Å². The lowest BCUT2D eigenvalue weighted by molar-refractivity contribution is 0.101. The number of carbonyl (C=O) groups excluding carboxylic acids is 1. The number of carbonyl (C=O) groups is 1. The molecule has 1 unspecified atom stereocenters. The van der Waals surface area contributed by atoms with Gasteiger partial charge in [0.05, 0.1) is 5.69 Å². The Kier molecular flexibility index (Phi) is 5.36. The molecule has 0 radical (unpaired) electrons. The number of likely N-dealkylation sites (tertiary alicyclic amines) is 1. The van der Waals surface area contributed by atoms with Gasteiger partial charge in [-0.3, -0.25) is 15.0 Å². The Balaban J connectivity index is 1.61. The summed E-state index contributed by atoms with van der Waals surface area (Å²) in [4.78, 5) is 19.5. The van der Waals surface area contributed by atoms with Crippen molar-refractivity contribution in [1.29, 1.82) is 0 Å². The predicted molar refractivity (Wildman–Crippen MR) is 98.6 cm³/mol. The first-order valence-electron chi connectivity index (χ1n) is 8.68. The molecular formula is C18H26N4OS. The van der Waals surface area contributed by atoms with E-state index in [4.69, 9.17) is 0 Å². The smallest absolute Gasteiger partial charge is 0.274 e. The van der Waals surface area contributed by atoms with E-state index >= 15 is 0 Å². The van der Waals surface area contributed by atoms with Gasteiger partial charge in [-0.25, -0.2) is 4.98 Å². The number of aromatic nitrogens is 2. The monoisotopic (exact) mass is 346 g/mol. The number of nitrogens with zero attached hydrogens (tertiary/aromatic N) is 3. The van der Waals surface area contributed by atoms with Crippen molar-refractivity contribution in [1.82, 2.24) is 14.5 Å². The van der Waals surface area contributed by atoms with Gasteiger partial charge in [-0.05, 0) is 51.3 Å². The maximum absolute atomic E-state index is 12.5. The summed E-state index contributed by atoms with van der Waals surface area (Å²) in [6, 6.07) is 4.01. The van der Waals surface area contributed by atoms with Gasteiger partial charge in [0, 0.05) is 30.7 Å². The van der Waals surface area contributed by atoms with Gasteiger partial charge < -0.3 is 4.57 Å². The zero-order valence-electron chi connectivity index (χ0n) is 14.7. The molecule has 1 atom stereocenters. The van der Waals surface area contributed by atoms with Crippen molar-refractivity contribution in [3.05, 3.63) is 35.1 Å². The van der Waals surface area contributed by atoms with Crippen molar-refractivity contribution in [2.24, 2.45) is 5.92 Å². The first-order chi connectivity index (χ1) is 11.5. The van der Waals surface area contributed by atoms with Crippen LogP contribution in [-0.2, 0) is 6.54 Å². The number of piperidine rings is 1. The van der Waals surface area contributed by atoms with E-state index in [1.54, 1.807) is 0 Å². The molecule has 1 amide bonds. The van der Waals surface area contributed by atoms with E-state index in [-0.39, 0.29) is 11.9 Å². The van der Waals surface area contributed by atoms with E-state index in [0.717, 1.165) is 31.2 Å². The Bertz CT molecular complexity index is 691. The van der Waals surface area contributed by atoms with Crippen LogP contribution in [0.5, 0.6) is 0 Å². The second-order valence-electron chi connectivity index (χ2n) is 6.98. The molecule has 3 heterocycles. The maximum atomic E-state index is 12.5. The molecule has 24 heavy (non-hydrogen) atoms. The number of nitrogens with one attached hydrogen (secondary N) is 1. The average molecular weight is 347 g/mol. The second-order valence-corrected chi connectivity index (χ2v) is 7.83. The maximum Gasteiger partial charge on any atom is 0.274 e. The zero-order valence-corrected chi connectivity index (χ0v) is 15.5. The number of thiazole rings is 1. The van der Waals surface area contributed by atoms with Crippen LogP contribution >= 0.6 is 11.3 Å². The van der Waals surface area contributed by atoms with Gasteiger partial charge in [0.2, 0.25) is 0 Å². The molecule has 1 fully saturated rings. The first-order valence-corrected chi connectivity index (χ1v) is 9.56. The van der Waals surface area contributed by atoms with Crippen LogP contribution in [-0.4, -0.2) is 33.4 Å². The highest BCUT2D eigenvalue weighted by molar-refractivity contribution is 7.13. The number of rotatable bonds is 5. The van der Waals surface area contributed by atoms with Gasteiger partial charge in [-0.2, -0.15) is 0 Å². The molecule has 0 aliphatic carbocycles. The van der Waals surface area contributed by atoms with Crippen molar-refractivity contribution in [2.75, 3.05) is 18.4 Å². The molecular weight excluding hydrogens is 320 g/mol. The lowest BCUT2D eigenvalue weighted by Gasteiger charge is -2.30. The molecule has 130 valence electrons. The van der Waals surface area contributed by atoms with Crippen LogP contribution in [0, 0.1) is 5.92 Å². The summed E-state index contributed by atoms with van der Waals surface area (Å²) >= 11 is 1.50. The van der Waals surface area contributed by atoms with Crippen LogP contribution in [0.15, 0.2) is 23.7 Å². The van der Waals surface area contributed by atoms with Crippen molar-refractivity contribution in [3.63, 3.8) is 0 Å². The molecule has 3 rings (SSSR count). The molecule has 0 spiro atoms. The summed E-state index contributed by atoms with van der Waals surface area (Å²) in [6.07, 6.45) is 4.52. The van der Waals surface area contributed by atoms with Crippen LogP contribution in [0.4, 0.5) is 5.13 Å². The molecule has 0 aromatic carbocycles. The van der Waals surface area contributed by atoms with E-state index in [2.05, 4.69) is 41.4 Å². The summed E-state index contributed by atoms with van der Waals surface area (Å²) in [6.45, 7) is 9.60. The van der Waals surface area contributed by atoms with E-state index in [0.29, 0.717) is 10.8 Å². The summed E-state index contributed by atoms with van der Waals surface area (Å²) in [5.41, 5.74) is 1.72. The van der Waals surface area contributed by atoms with Crippen LogP contribution in [0.2, 0.25) is 0 Å². The molecule has 0 bridgehead atoms. The van der Waals surface area contributed by atoms with Gasteiger partial charge in [-0.1, -0.05) is 6.92 Å². The quantitative estimate of drug-likeness (QED) is 0.890. The fourth-order valence-electron chi connectivity index (χ4n) is 3.29. The Morgan fingerprint density at radius 3 is 3.08 bits per heavy atom. The fourth-order valence-corrected chi connectivity index (χ4v) is 3.99. The largest absolute Gasteiger partial charge is 0.341 e. The molecule has 6 heteroatoms. The summed E-state index contributed by atoms with van der Waals surface area (Å²) in [5.74, 6) is 0.668. The SMILES string of the molecule is CC1CCCN(Cc2csc(NC(=O)c3cccn3C(C)C)n2)C1. The van der Waals surface area contributed by atoms with Crippen LogP contribution < -0.4 is 5.32 Å².